The van der Waals surface area contributed by atoms with Crippen LogP contribution in [0.25, 0.3) is 0 Å². The Bertz CT molecular complexity index is 1580. The molecule has 2 saturated carbocycles. The van der Waals surface area contributed by atoms with E-state index in [-0.39, 0.29) is 23.9 Å². The van der Waals surface area contributed by atoms with Crippen molar-refractivity contribution in [1.29, 1.82) is 0 Å². The van der Waals surface area contributed by atoms with E-state index >= 15 is 0 Å². The molecule has 6 rings (SSSR count). The Morgan fingerprint density at radius 3 is 1.62 bits per heavy atom. The molecule has 0 bridgehead atoms. The summed E-state index contributed by atoms with van der Waals surface area (Å²) < 4.78 is 40.0. The standard InChI is InChI=1S/C18H29N3O4S.C18H29N3O2S/c1-18(2,3)25-17(22)21-9-7-13(8-10-21)12-26(23,24)16-11-15(14-5-6-14)19-20(16)4;1-18(2,3)23-17(22)21-9-7-13(8-10-21)12-24-16-11-15(14-5-6-14)19-20(16)4/h11,13-14H,5-10,12H2,1-4H3;11,13-14H,5-10,12H2,1-4H3. The minimum Gasteiger partial charge on any atom is -0.444 e. The van der Waals surface area contributed by atoms with Gasteiger partial charge in [0.25, 0.3) is 0 Å². The van der Waals surface area contributed by atoms with Crippen LogP contribution >= 0.6 is 11.8 Å². The van der Waals surface area contributed by atoms with Crippen molar-refractivity contribution in [3.8, 4) is 0 Å². The molecule has 2 saturated heterocycles. The molecule has 0 unspecified atom stereocenters. The van der Waals surface area contributed by atoms with Gasteiger partial charge in [0.15, 0.2) is 14.9 Å². The molecule has 12 nitrogen and oxygen atoms in total. The van der Waals surface area contributed by atoms with Crippen molar-refractivity contribution in [2.24, 2.45) is 25.9 Å². The SMILES string of the molecule is Cn1nc(C2CC2)cc1S(=O)(=O)CC1CCN(C(=O)OC(C)(C)C)CC1.Cn1nc(C2CC2)cc1SCC1CCN(C(=O)OC(C)(C)C)CC1. The first-order valence-electron chi connectivity index (χ1n) is 18.3. The molecule has 280 valence electrons. The number of thioether (sulfide) groups is 1. The molecule has 2 aromatic heterocycles. The van der Waals surface area contributed by atoms with Crippen LogP contribution in [-0.2, 0) is 33.4 Å². The van der Waals surface area contributed by atoms with Gasteiger partial charge in [0.05, 0.1) is 22.2 Å². The third-order valence-electron chi connectivity index (χ3n) is 9.48. The summed E-state index contributed by atoms with van der Waals surface area (Å²) in [6, 6.07) is 4.00. The molecular weight excluding hydrogens is 677 g/mol. The summed E-state index contributed by atoms with van der Waals surface area (Å²) in [6.45, 7) is 13.9. The molecule has 0 radical (unpaired) electrons. The van der Waals surface area contributed by atoms with E-state index in [1.54, 1.807) is 18.0 Å². The van der Waals surface area contributed by atoms with Gasteiger partial charge in [-0.05, 0) is 117 Å². The predicted molar refractivity (Wildman–Crippen MR) is 194 cm³/mol. The van der Waals surface area contributed by atoms with E-state index in [9.17, 15) is 18.0 Å². The number of sulfone groups is 1. The Morgan fingerprint density at radius 2 is 1.16 bits per heavy atom. The highest BCUT2D eigenvalue weighted by molar-refractivity contribution is 7.99. The molecule has 0 atom stereocenters. The highest BCUT2D eigenvalue weighted by Gasteiger charge is 2.34. The highest BCUT2D eigenvalue weighted by Crippen LogP contribution is 2.41. The summed E-state index contributed by atoms with van der Waals surface area (Å²) >= 11 is 1.90. The maximum absolute atomic E-state index is 12.8. The van der Waals surface area contributed by atoms with Crippen LogP contribution in [0.2, 0.25) is 0 Å². The van der Waals surface area contributed by atoms with Crippen LogP contribution in [-0.4, -0.2) is 98.9 Å². The number of carbonyl (C=O) groups is 2. The number of aryl methyl sites for hydroxylation is 2. The molecule has 4 heterocycles. The number of ether oxygens (including phenoxy) is 2. The monoisotopic (exact) mass is 734 g/mol. The second-order valence-corrected chi connectivity index (χ2v) is 19.5. The smallest absolute Gasteiger partial charge is 0.410 e. The number of rotatable bonds is 8. The van der Waals surface area contributed by atoms with Crippen molar-refractivity contribution in [1.82, 2.24) is 29.4 Å². The Morgan fingerprint density at radius 1 is 0.720 bits per heavy atom. The summed E-state index contributed by atoms with van der Waals surface area (Å²) in [7, 11) is 0.363. The van der Waals surface area contributed by atoms with Crippen molar-refractivity contribution < 1.29 is 27.5 Å². The second kappa shape index (κ2) is 15.5. The largest absolute Gasteiger partial charge is 0.444 e. The Hall–Kier alpha value is -2.74. The molecule has 0 spiro atoms. The van der Waals surface area contributed by atoms with E-state index in [4.69, 9.17) is 9.47 Å². The van der Waals surface area contributed by atoms with E-state index in [2.05, 4.69) is 16.3 Å². The number of likely N-dealkylation sites (tertiary alicyclic amines) is 2. The molecule has 50 heavy (non-hydrogen) atoms. The highest BCUT2D eigenvalue weighted by atomic mass is 32.2. The molecule has 14 heteroatoms. The first-order chi connectivity index (χ1) is 23.4. The fraction of sp³-hybridized carbons (Fsp3) is 0.778. The number of hydrogen-bond donors (Lipinski definition) is 0. The number of nitrogens with zero attached hydrogens (tertiary/aromatic N) is 6. The molecule has 0 N–H and O–H groups in total. The van der Waals surface area contributed by atoms with Crippen LogP contribution in [0.1, 0.15) is 116 Å². The molecular formula is C36H58N6O6S2. The normalized spacial score (nSPS) is 19.6. The first-order valence-corrected chi connectivity index (χ1v) is 20.9. The van der Waals surface area contributed by atoms with E-state index in [0.29, 0.717) is 48.7 Å². The number of amides is 2. The zero-order valence-electron chi connectivity index (χ0n) is 31.3. The summed E-state index contributed by atoms with van der Waals surface area (Å²) in [5, 5.41) is 10.6. The minimum atomic E-state index is -3.38. The summed E-state index contributed by atoms with van der Waals surface area (Å²) in [5.74, 6) is 3.07. The lowest BCUT2D eigenvalue weighted by Crippen LogP contribution is -2.42. The van der Waals surface area contributed by atoms with Gasteiger partial charge in [-0.15, -0.1) is 11.8 Å². The fourth-order valence-corrected chi connectivity index (χ4v) is 9.38. The lowest BCUT2D eigenvalue weighted by molar-refractivity contribution is 0.0180. The van der Waals surface area contributed by atoms with Crippen LogP contribution in [0.4, 0.5) is 9.59 Å². The van der Waals surface area contributed by atoms with Gasteiger partial charge in [-0.3, -0.25) is 9.36 Å². The van der Waals surface area contributed by atoms with Crippen LogP contribution in [0.5, 0.6) is 0 Å². The maximum Gasteiger partial charge on any atom is 0.410 e. The van der Waals surface area contributed by atoms with Gasteiger partial charge >= 0.3 is 12.2 Å². The lowest BCUT2D eigenvalue weighted by Gasteiger charge is -2.33. The second-order valence-electron chi connectivity index (χ2n) is 16.5. The van der Waals surface area contributed by atoms with Gasteiger partial charge in [0.1, 0.15) is 11.2 Å². The van der Waals surface area contributed by atoms with Crippen molar-refractivity contribution >= 4 is 33.8 Å². The molecule has 4 aliphatic rings. The van der Waals surface area contributed by atoms with Gasteiger partial charge in [-0.25, -0.2) is 18.0 Å². The van der Waals surface area contributed by atoms with Crippen LogP contribution in [0, 0.1) is 11.8 Å². The summed E-state index contributed by atoms with van der Waals surface area (Å²) in [4.78, 5) is 27.7. The fourth-order valence-electron chi connectivity index (χ4n) is 6.34. The number of hydrogen-bond acceptors (Lipinski definition) is 9. The average Bonchev–Trinajstić information content (AvgIpc) is 3.96. The Labute approximate surface area is 302 Å². The summed E-state index contributed by atoms with van der Waals surface area (Å²) in [6.07, 6.45) is 7.75. The molecule has 0 aromatic carbocycles. The predicted octanol–water partition coefficient (Wildman–Crippen LogP) is 6.76. The van der Waals surface area contributed by atoms with Gasteiger partial charge in [-0.2, -0.15) is 10.2 Å². The quantitative estimate of drug-likeness (QED) is 0.271. The van der Waals surface area contributed by atoms with E-state index in [0.717, 1.165) is 50.2 Å². The molecule has 2 amide bonds. The third-order valence-corrected chi connectivity index (χ3v) is 12.7. The third kappa shape index (κ3) is 11.1. The van der Waals surface area contributed by atoms with Crippen LogP contribution in [0.15, 0.2) is 22.2 Å². The van der Waals surface area contributed by atoms with Gasteiger partial charge in [0, 0.05) is 57.9 Å². The number of aromatic nitrogens is 4. The van der Waals surface area contributed by atoms with Crippen LogP contribution < -0.4 is 0 Å². The van der Waals surface area contributed by atoms with Crippen molar-refractivity contribution in [2.45, 2.75) is 126 Å². The maximum atomic E-state index is 12.8. The van der Waals surface area contributed by atoms with E-state index < -0.39 is 21.0 Å². The Balaban J connectivity index is 0.000000195. The molecule has 4 fully saturated rings. The van der Waals surface area contributed by atoms with Gasteiger partial charge in [-0.1, -0.05) is 0 Å². The van der Waals surface area contributed by atoms with E-state index in [1.807, 2.05) is 69.9 Å². The molecule has 2 aliphatic carbocycles. The number of piperidine rings is 2. The minimum absolute atomic E-state index is 0.0537. The van der Waals surface area contributed by atoms with Crippen molar-refractivity contribution in [3.63, 3.8) is 0 Å². The lowest BCUT2D eigenvalue weighted by atomic mass is 9.99. The van der Waals surface area contributed by atoms with E-state index in [1.165, 1.54) is 28.2 Å². The molecule has 2 aliphatic heterocycles. The number of carbonyl (C=O) groups excluding carboxylic acids is 2. The topological polar surface area (TPSA) is 129 Å². The Kier molecular flexibility index (Phi) is 11.9. The van der Waals surface area contributed by atoms with Crippen molar-refractivity contribution in [3.05, 3.63) is 23.5 Å². The first kappa shape index (κ1) is 38.5. The zero-order valence-corrected chi connectivity index (χ0v) is 32.9. The zero-order chi connectivity index (χ0) is 36.4. The van der Waals surface area contributed by atoms with Gasteiger partial charge < -0.3 is 19.3 Å². The van der Waals surface area contributed by atoms with Crippen molar-refractivity contribution in [2.75, 3.05) is 37.7 Å². The molecule has 2 aromatic rings. The average molecular weight is 735 g/mol. The van der Waals surface area contributed by atoms with Crippen LogP contribution in [0.3, 0.4) is 0 Å². The summed E-state index contributed by atoms with van der Waals surface area (Å²) in [5.41, 5.74) is 1.23. The van der Waals surface area contributed by atoms with Gasteiger partial charge in [0.2, 0.25) is 0 Å².